The molecule has 1 fully saturated rings. The predicted octanol–water partition coefficient (Wildman–Crippen LogP) is 2.30. The van der Waals surface area contributed by atoms with Crippen LogP contribution in [0.15, 0.2) is 0 Å². The van der Waals surface area contributed by atoms with E-state index in [0.717, 1.165) is 12.8 Å². The first kappa shape index (κ1) is 46.6. The Morgan fingerprint density at radius 2 is 1.25 bits per heavy atom. The Morgan fingerprint density at radius 3 is 1.80 bits per heavy atom. The van der Waals surface area contributed by atoms with Gasteiger partial charge in [0.2, 0.25) is 11.4 Å². The fourth-order valence-electron chi connectivity index (χ4n) is 5.04. The molecule has 0 aliphatic carbocycles. The van der Waals surface area contributed by atoms with E-state index < -0.39 is 42.3 Å². The minimum Gasteiger partial charge on any atom is -0.388 e. The molecular weight excluding hydrogens is 668 g/mol. The van der Waals surface area contributed by atoms with Crippen LogP contribution in [0.4, 0.5) is 0 Å². The maximum absolute atomic E-state index is 12.1. The van der Waals surface area contributed by atoms with Crippen LogP contribution in [0, 0.1) is 12.5 Å². The highest BCUT2D eigenvalue weighted by molar-refractivity contribution is 5.80. The Labute approximate surface area is 302 Å². The minimum atomic E-state index is -1.63. The third kappa shape index (κ3) is 21.0. The van der Waals surface area contributed by atoms with Crippen molar-refractivity contribution >= 4 is 23.3 Å². The second kappa shape index (κ2) is 27.2. The highest BCUT2D eigenvalue weighted by Gasteiger charge is 2.45. The van der Waals surface area contributed by atoms with Gasteiger partial charge in [-0.25, -0.2) is 6.57 Å². The normalized spacial score (nSPS) is 21.6. The summed E-state index contributed by atoms with van der Waals surface area (Å²) in [6, 6.07) is -1.02. The van der Waals surface area contributed by atoms with Crippen molar-refractivity contribution in [3.05, 3.63) is 11.4 Å². The molecule has 0 aromatic rings. The van der Waals surface area contributed by atoms with E-state index in [0.29, 0.717) is 90.8 Å². The zero-order valence-corrected chi connectivity index (χ0v) is 31.0. The lowest BCUT2D eigenvalue weighted by Crippen LogP contribution is -2.63. The lowest BCUT2D eigenvalue weighted by Gasteiger charge is -2.40. The van der Waals surface area contributed by atoms with Crippen LogP contribution in [-0.2, 0) is 47.6 Å². The molecule has 0 aromatic heterocycles. The first-order chi connectivity index (χ1) is 24.3. The SMILES string of the molecule is [C-]#[N+]C(C)(CCC(=O)CCCOCCOCC(=O)CCCOCCOCC(=O)CCCCCCO[C@@H]1O[C@H](O)[C@H](O)[C@H](O)[C@H]1NC(C)=O)C(C)C. The summed E-state index contributed by atoms with van der Waals surface area (Å²) >= 11 is 0. The van der Waals surface area contributed by atoms with Gasteiger partial charge in [-0.15, -0.1) is 0 Å². The molecule has 1 saturated heterocycles. The Kier molecular flexibility index (Phi) is 24.9. The molecule has 15 heteroatoms. The number of hydrogen-bond acceptors (Lipinski definition) is 13. The molecule has 1 aliphatic rings. The summed E-state index contributed by atoms with van der Waals surface area (Å²) in [6.45, 7) is 16.9. The van der Waals surface area contributed by atoms with E-state index in [2.05, 4.69) is 10.2 Å². The average Bonchev–Trinajstić information content (AvgIpc) is 3.09. The van der Waals surface area contributed by atoms with Crippen LogP contribution in [0.25, 0.3) is 4.85 Å². The van der Waals surface area contributed by atoms with Crippen LogP contribution in [0.3, 0.4) is 0 Å². The minimum absolute atomic E-state index is 0.00632. The molecule has 4 N–H and O–H groups in total. The molecule has 0 saturated carbocycles. The second-order valence-electron chi connectivity index (χ2n) is 13.4. The predicted molar refractivity (Wildman–Crippen MR) is 185 cm³/mol. The molecule has 15 nitrogen and oxygen atoms in total. The lowest BCUT2D eigenvalue weighted by atomic mass is 9.84. The molecule has 6 atom stereocenters. The van der Waals surface area contributed by atoms with Gasteiger partial charge in [0.25, 0.3) is 0 Å². The number of aliphatic hydroxyl groups is 3. The Hall–Kier alpha value is -2.39. The quantitative estimate of drug-likeness (QED) is 0.0599. The average molecular weight is 731 g/mol. The van der Waals surface area contributed by atoms with Crippen molar-refractivity contribution in [2.24, 2.45) is 5.92 Å². The van der Waals surface area contributed by atoms with E-state index in [1.165, 1.54) is 6.92 Å². The number of amides is 1. The standard InChI is InChI=1S/C36H62N2O13/c1-26(2)36(4,37-5)16-15-28(40)13-10-17-46-20-23-49-25-30(42)14-11-18-47-21-22-48-24-29(41)12-8-6-7-9-19-50-35-31(38-27(3)39)32(43)33(44)34(45)51-35/h26,31-35,43-45H,6-25H2,1-4H3,(H,38,39)/t31-,32-,33-,34+,35-,36?/m1/s1. The van der Waals surface area contributed by atoms with Gasteiger partial charge in [0.15, 0.2) is 24.1 Å². The summed E-state index contributed by atoms with van der Waals surface area (Å²) in [5.74, 6) is -0.130. The summed E-state index contributed by atoms with van der Waals surface area (Å²) < 4.78 is 32.4. The molecule has 0 radical (unpaired) electrons. The number of carbonyl (C=O) groups excluding carboxylic acids is 4. The monoisotopic (exact) mass is 730 g/mol. The topological polar surface area (TPSA) is 201 Å². The second-order valence-corrected chi connectivity index (χ2v) is 13.4. The van der Waals surface area contributed by atoms with E-state index >= 15 is 0 Å². The molecule has 0 aromatic carbocycles. The van der Waals surface area contributed by atoms with Gasteiger partial charge in [-0.3, -0.25) is 19.2 Å². The fraction of sp³-hybridized carbons (Fsp3) is 0.861. The molecule has 0 spiro atoms. The molecule has 1 amide bonds. The molecule has 1 aliphatic heterocycles. The fourth-order valence-corrected chi connectivity index (χ4v) is 5.04. The van der Waals surface area contributed by atoms with Crippen LogP contribution in [-0.4, -0.2) is 134 Å². The molecular formula is C36H62N2O13. The van der Waals surface area contributed by atoms with Crippen LogP contribution in [0.5, 0.6) is 0 Å². The van der Waals surface area contributed by atoms with Crippen LogP contribution < -0.4 is 5.32 Å². The molecule has 1 heterocycles. The number of ketones is 3. The van der Waals surface area contributed by atoms with Gasteiger partial charge in [0, 0.05) is 71.7 Å². The molecule has 51 heavy (non-hydrogen) atoms. The van der Waals surface area contributed by atoms with Gasteiger partial charge < -0.3 is 53.9 Å². The Balaban J connectivity index is 1.92. The van der Waals surface area contributed by atoms with E-state index in [1.54, 1.807) is 0 Å². The Bertz CT molecular complexity index is 1050. The number of rotatable bonds is 31. The number of nitrogens with zero attached hydrogens (tertiary/aromatic N) is 1. The van der Waals surface area contributed by atoms with Gasteiger partial charge in [-0.05, 0) is 25.7 Å². The smallest absolute Gasteiger partial charge is 0.232 e. The first-order valence-corrected chi connectivity index (χ1v) is 18.1. The third-order valence-corrected chi connectivity index (χ3v) is 8.75. The van der Waals surface area contributed by atoms with Crippen molar-refractivity contribution in [3.63, 3.8) is 0 Å². The van der Waals surface area contributed by atoms with Gasteiger partial charge in [0.05, 0.1) is 26.4 Å². The summed E-state index contributed by atoms with van der Waals surface area (Å²) in [5.41, 5.74) is -0.499. The van der Waals surface area contributed by atoms with Crippen LogP contribution in [0.1, 0.15) is 98.3 Å². The van der Waals surface area contributed by atoms with Crippen molar-refractivity contribution in [2.45, 2.75) is 135 Å². The maximum atomic E-state index is 12.1. The molecule has 294 valence electrons. The summed E-state index contributed by atoms with van der Waals surface area (Å²) in [7, 11) is 0. The van der Waals surface area contributed by atoms with Gasteiger partial charge in [-0.1, -0.05) is 26.7 Å². The van der Waals surface area contributed by atoms with E-state index in [9.17, 15) is 34.5 Å². The molecule has 0 bridgehead atoms. The summed E-state index contributed by atoms with van der Waals surface area (Å²) in [5, 5.41) is 32.1. The zero-order valence-electron chi connectivity index (χ0n) is 31.0. The number of ether oxygens (including phenoxy) is 6. The van der Waals surface area contributed by atoms with E-state index in [4.69, 9.17) is 35.0 Å². The molecule has 1 unspecified atom stereocenters. The Morgan fingerprint density at radius 1 is 0.725 bits per heavy atom. The largest absolute Gasteiger partial charge is 0.388 e. The van der Waals surface area contributed by atoms with Gasteiger partial charge in [-0.2, -0.15) is 0 Å². The number of aliphatic hydroxyl groups excluding tert-OH is 3. The van der Waals surface area contributed by atoms with Crippen molar-refractivity contribution in [2.75, 3.05) is 59.5 Å². The first-order valence-electron chi connectivity index (χ1n) is 18.1. The van der Waals surface area contributed by atoms with Crippen molar-refractivity contribution in [1.29, 1.82) is 0 Å². The number of Topliss-reactive ketones (excluding diaryl/α,β-unsaturated/α-hetero) is 3. The third-order valence-electron chi connectivity index (χ3n) is 8.75. The van der Waals surface area contributed by atoms with Crippen molar-refractivity contribution < 1.29 is 62.9 Å². The number of unbranched alkanes of at least 4 members (excludes halogenated alkanes) is 3. The number of nitrogens with one attached hydrogen (secondary N) is 1. The van der Waals surface area contributed by atoms with E-state index in [1.807, 2.05) is 20.8 Å². The lowest BCUT2D eigenvalue weighted by molar-refractivity contribution is -0.315. The highest BCUT2D eigenvalue weighted by Crippen LogP contribution is 2.27. The number of hydrogen-bond donors (Lipinski definition) is 4. The van der Waals surface area contributed by atoms with Crippen LogP contribution in [0.2, 0.25) is 0 Å². The summed E-state index contributed by atoms with van der Waals surface area (Å²) in [6.07, 6.45) is 0.425. The van der Waals surface area contributed by atoms with Crippen LogP contribution >= 0.6 is 0 Å². The van der Waals surface area contributed by atoms with Crippen molar-refractivity contribution in [3.8, 4) is 0 Å². The summed E-state index contributed by atoms with van der Waals surface area (Å²) in [4.78, 5) is 51.2. The van der Waals surface area contributed by atoms with Crippen molar-refractivity contribution in [1.82, 2.24) is 5.32 Å². The van der Waals surface area contributed by atoms with Gasteiger partial charge >= 0.3 is 0 Å². The zero-order chi connectivity index (χ0) is 38.1. The van der Waals surface area contributed by atoms with Gasteiger partial charge in [0.1, 0.15) is 37.2 Å². The number of carbonyl (C=O) groups is 4. The highest BCUT2D eigenvalue weighted by atomic mass is 16.7. The van der Waals surface area contributed by atoms with E-state index in [-0.39, 0.29) is 49.7 Å². The molecule has 1 rings (SSSR count). The maximum Gasteiger partial charge on any atom is 0.232 e.